The summed E-state index contributed by atoms with van der Waals surface area (Å²) in [7, 11) is 0. The van der Waals surface area contributed by atoms with Gasteiger partial charge in [-0.1, -0.05) is 20.8 Å². The second-order valence-corrected chi connectivity index (χ2v) is 6.14. The molecule has 0 aliphatic heterocycles. The van der Waals surface area contributed by atoms with Crippen LogP contribution >= 0.6 is 0 Å². The van der Waals surface area contributed by atoms with E-state index in [1.54, 1.807) is 11.4 Å². The van der Waals surface area contributed by atoms with Crippen LogP contribution in [0.2, 0.25) is 0 Å². The molecule has 0 fully saturated rings. The molecule has 0 atom stereocenters. The molecule has 0 bridgehead atoms. The van der Waals surface area contributed by atoms with E-state index in [2.05, 4.69) is 30.9 Å². The zero-order valence-electron chi connectivity index (χ0n) is 12.7. The number of carbonyl (C=O) groups is 1. The van der Waals surface area contributed by atoms with Gasteiger partial charge in [-0.25, -0.2) is 14.3 Å². The summed E-state index contributed by atoms with van der Waals surface area (Å²) in [5, 5.41) is 4.21. The van der Waals surface area contributed by atoms with E-state index >= 15 is 0 Å². The van der Waals surface area contributed by atoms with Gasteiger partial charge in [-0.3, -0.25) is 0 Å². The van der Waals surface area contributed by atoms with Gasteiger partial charge >= 0.3 is 5.97 Å². The summed E-state index contributed by atoms with van der Waals surface area (Å²) in [5.74, 6) is -0.373. The fraction of sp³-hybridized carbons (Fsp3) is 0.533. The number of rotatable bonds is 3. The predicted octanol–water partition coefficient (Wildman–Crippen LogP) is 2.80. The first-order valence-corrected chi connectivity index (χ1v) is 6.83. The van der Waals surface area contributed by atoms with Crippen molar-refractivity contribution in [3.8, 4) is 0 Å². The Labute approximate surface area is 119 Å². The number of carbonyl (C=O) groups excluding carboxylic acids is 1. The van der Waals surface area contributed by atoms with E-state index < -0.39 is 0 Å². The molecule has 0 unspecified atom stereocenters. The largest absolute Gasteiger partial charge is 0.462 e. The van der Waals surface area contributed by atoms with Crippen molar-refractivity contribution in [3.63, 3.8) is 0 Å². The number of esters is 1. The van der Waals surface area contributed by atoms with E-state index in [0.29, 0.717) is 17.8 Å². The lowest BCUT2D eigenvalue weighted by Gasteiger charge is -2.17. The lowest BCUT2D eigenvalue weighted by atomic mass is 9.90. The highest BCUT2D eigenvalue weighted by Gasteiger charge is 2.19. The van der Waals surface area contributed by atoms with Crippen molar-refractivity contribution in [2.75, 3.05) is 6.61 Å². The maximum absolute atomic E-state index is 11.9. The van der Waals surface area contributed by atoms with Crippen molar-refractivity contribution >= 4 is 11.6 Å². The van der Waals surface area contributed by atoms with Gasteiger partial charge in [0.05, 0.1) is 12.8 Å². The molecule has 2 heterocycles. The highest BCUT2D eigenvalue weighted by molar-refractivity contribution is 5.95. The molecule has 0 aliphatic rings. The van der Waals surface area contributed by atoms with Crippen LogP contribution in [0.1, 0.15) is 49.4 Å². The number of hydrogen-bond acceptors (Lipinski definition) is 4. The molecule has 0 aromatic carbocycles. The molecular weight excluding hydrogens is 254 g/mol. The highest BCUT2D eigenvalue weighted by atomic mass is 16.5. The average Bonchev–Trinajstić information content (AvgIpc) is 2.71. The SMILES string of the molecule is CCOC(=O)c1cnn2c(C)cc(CC(C)(C)C)nc12. The van der Waals surface area contributed by atoms with E-state index in [4.69, 9.17) is 4.74 Å². The standard InChI is InChI=1S/C15H21N3O2/c1-6-20-14(19)12-9-16-18-10(2)7-11(17-13(12)18)8-15(3,4)5/h7,9H,6,8H2,1-5H3. The molecule has 20 heavy (non-hydrogen) atoms. The molecule has 0 aliphatic carbocycles. The van der Waals surface area contributed by atoms with Gasteiger partial charge in [-0.15, -0.1) is 0 Å². The molecule has 5 heteroatoms. The predicted molar refractivity (Wildman–Crippen MR) is 76.8 cm³/mol. The first-order valence-electron chi connectivity index (χ1n) is 6.83. The quantitative estimate of drug-likeness (QED) is 0.808. The highest BCUT2D eigenvalue weighted by Crippen LogP contribution is 2.21. The molecule has 0 amide bonds. The molecule has 108 valence electrons. The molecular formula is C15H21N3O2. The fourth-order valence-corrected chi connectivity index (χ4v) is 2.17. The van der Waals surface area contributed by atoms with Crippen molar-refractivity contribution in [2.24, 2.45) is 5.41 Å². The zero-order valence-corrected chi connectivity index (χ0v) is 12.7. The van der Waals surface area contributed by atoms with Crippen molar-refractivity contribution in [2.45, 2.75) is 41.0 Å². The number of nitrogens with zero attached hydrogens (tertiary/aromatic N) is 3. The van der Waals surface area contributed by atoms with E-state index in [0.717, 1.165) is 17.8 Å². The second kappa shape index (κ2) is 5.23. The van der Waals surface area contributed by atoms with Gasteiger partial charge in [0.25, 0.3) is 0 Å². The van der Waals surface area contributed by atoms with Gasteiger partial charge in [0.15, 0.2) is 5.65 Å². The summed E-state index contributed by atoms with van der Waals surface area (Å²) in [4.78, 5) is 16.5. The Hall–Kier alpha value is -1.91. The third-order valence-electron chi connectivity index (χ3n) is 2.91. The minimum absolute atomic E-state index is 0.141. The fourth-order valence-electron chi connectivity index (χ4n) is 2.17. The van der Waals surface area contributed by atoms with Crippen LogP contribution < -0.4 is 0 Å². The van der Waals surface area contributed by atoms with E-state index in [9.17, 15) is 4.79 Å². The normalized spacial score (nSPS) is 11.8. The number of aromatic nitrogens is 3. The van der Waals surface area contributed by atoms with Crippen LogP contribution in [0.5, 0.6) is 0 Å². The van der Waals surface area contributed by atoms with Gasteiger partial charge in [0, 0.05) is 11.4 Å². The first-order chi connectivity index (χ1) is 9.31. The van der Waals surface area contributed by atoms with Gasteiger partial charge in [-0.05, 0) is 31.7 Å². The van der Waals surface area contributed by atoms with Crippen molar-refractivity contribution in [1.82, 2.24) is 14.6 Å². The Kier molecular flexibility index (Phi) is 3.79. The summed E-state index contributed by atoms with van der Waals surface area (Å²) in [6, 6.07) is 2.01. The molecule has 0 spiro atoms. The summed E-state index contributed by atoms with van der Waals surface area (Å²) >= 11 is 0. The molecule has 2 aromatic heterocycles. The topological polar surface area (TPSA) is 56.5 Å². The molecule has 0 N–H and O–H groups in total. The first kappa shape index (κ1) is 14.5. The lowest BCUT2D eigenvalue weighted by molar-refractivity contribution is 0.0528. The summed E-state index contributed by atoms with van der Waals surface area (Å²) in [6.07, 6.45) is 2.37. The Morgan fingerprint density at radius 3 is 2.70 bits per heavy atom. The zero-order chi connectivity index (χ0) is 14.9. The monoisotopic (exact) mass is 275 g/mol. The lowest BCUT2D eigenvalue weighted by Crippen LogP contribution is -2.13. The van der Waals surface area contributed by atoms with Crippen LogP contribution in [-0.4, -0.2) is 27.2 Å². The molecule has 2 rings (SSSR count). The summed E-state index contributed by atoms with van der Waals surface area (Å²) in [5.41, 5.74) is 3.06. The van der Waals surface area contributed by atoms with Gasteiger partial charge in [-0.2, -0.15) is 5.10 Å². The van der Waals surface area contributed by atoms with Crippen molar-refractivity contribution < 1.29 is 9.53 Å². The Morgan fingerprint density at radius 2 is 2.10 bits per heavy atom. The van der Waals surface area contributed by atoms with Gasteiger partial charge in [0.1, 0.15) is 5.56 Å². The van der Waals surface area contributed by atoms with Crippen LogP contribution in [0, 0.1) is 12.3 Å². The van der Waals surface area contributed by atoms with E-state index in [1.165, 1.54) is 6.20 Å². The van der Waals surface area contributed by atoms with Crippen molar-refractivity contribution in [3.05, 3.63) is 29.2 Å². The van der Waals surface area contributed by atoms with Crippen LogP contribution in [0.15, 0.2) is 12.3 Å². The minimum Gasteiger partial charge on any atom is -0.462 e. The maximum atomic E-state index is 11.9. The summed E-state index contributed by atoms with van der Waals surface area (Å²) < 4.78 is 6.72. The smallest absolute Gasteiger partial charge is 0.343 e. The molecule has 2 aromatic rings. The Bertz CT molecular complexity index is 638. The number of aryl methyl sites for hydroxylation is 1. The molecule has 0 saturated carbocycles. The van der Waals surface area contributed by atoms with Crippen LogP contribution in [0.3, 0.4) is 0 Å². The van der Waals surface area contributed by atoms with E-state index in [1.807, 2.05) is 13.0 Å². The van der Waals surface area contributed by atoms with Gasteiger partial charge in [0.2, 0.25) is 0 Å². The van der Waals surface area contributed by atoms with E-state index in [-0.39, 0.29) is 11.4 Å². The van der Waals surface area contributed by atoms with Crippen molar-refractivity contribution in [1.29, 1.82) is 0 Å². The van der Waals surface area contributed by atoms with Crippen LogP contribution in [-0.2, 0) is 11.2 Å². The average molecular weight is 275 g/mol. The Balaban J connectivity index is 2.50. The molecule has 5 nitrogen and oxygen atoms in total. The number of fused-ring (bicyclic) bond motifs is 1. The third-order valence-corrected chi connectivity index (χ3v) is 2.91. The maximum Gasteiger partial charge on any atom is 0.343 e. The molecule has 0 saturated heterocycles. The van der Waals surface area contributed by atoms with Crippen LogP contribution in [0.25, 0.3) is 5.65 Å². The van der Waals surface area contributed by atoms with Crippen LogP contribution in [0.4, 0.5) is 0 Å². The second-order valence-electron chi connectivity index (χ2n) is 6.14. The summed E-state index contributed by atoms with van der Waals surface area (Å²) in [6.45, 7) is 10.6. The van der Waals surface area contributed by atoms with Gasteiger partial charge < -0.3 is 4.74 Å². The third kappa shape index (κ3) is 2.98. The number of hydrogen-bond donors (Lipinski definition) is 0. The number of ether oxygens (including phenoxy) is 1. The minimum atomic E-state index is -0.373. The Morgan fingerprint density at radius 1 is 1.40 bits per heavy atom. The molecule has 0 radical (unpaired) electrons.